The third-order valence-electron chi connectivity index (χ3n) is 3.72. The lowest BCUT2D eigenvalue weighted by Gasteiger charge is -2.11. The van der Waals surface area contributed by atoms with E-state index in [1.165, 1.54) is 0 Å². The minimum absolute atomic E-state index is 0.139. The SMILES string of the molecule is Cc1cc(C)c(NC(=O)Cc2noc3ccc(C)cc23)c(Cl)c1. The molecular weight excluding hydrogens is 312 g/mol. The van der Waals surface area contributed by atoms with E-state index >= 15 is 0 Å². The summed E-state index contributed by atoms with van der Waals surface area (Å²) in [5.41, 5.74) is 5.05. The van der Waals surface area contributed by atoms with Crippen LogP contribution in [0.25, 0.3) is 11.0 Å². The third kappa shape index (κ3) is 3.22. The lowest BCUT2D eigenvalue weighted by atomic mass is 10.1. The Morgan fingerprint density at radius 2 is 1.96 bits per heavy atom. The molecule has 0 bridgehead atoms. The number of carbonyl (C=O) groups is 1. The molecule has 0 atom stereocenters. The molecule has 0 aliphatic rings. The summed E-state index contributed by atoms with van der Waals surface area (Å²) in [7, 11) is 0. The summed E-state index contributed by atoms with van der Waals surface area (Å²) in [6, 6.07) is 9.60. The number of rotatable bonds is 3. The molecule has 3 rings (SSSR count). The Labute approximate surface area is 139 Å². The lowest BCUT2D eigenvalue weighted by molar-refractivity contribution is -0.115. The Balaban J connectivity index is 1.83. The molecule has 2 aromatic carbocycles. The van der Waals surface area contributed by atoms with Crippen LogP contribution < -0.4 is 5.32 Å². The molecule has 4 nitrogen and oxygen atoms in total. The minimum Gasteiger partial charge on any atom is -0.356 e. The van der Waals surface area contributed by atoms with Gasteiger partial charge >= 0.3 is 0 Å². The molecule has 0 fully saturated rings. The van der Waals surface area contributed by atoms with Gasteiger partial charge in [0.1, 0.15) is 5.69 Å². The summed E-state index contributed by atoms with van der Waals surface area (Å²) < 4.78 is 5.26. The number of benzene rings is 2. The third-order valence-corrected chi connectivity index (χ3v) is 4.02. The van der Waals surface area contributed by atoms with Crippen LogP contribution in [-0.2, 0) is 11.2 Å². The monoisotopic (exact) mass is 328 g/mol. The van der Waals surface area contributed by atoms with Crippen LogP contribution in [0, 0.1) is 20.8 Å². The summed E-state index contributed by atoms with van der Waals surface area (Å²) in [6.07, 6.45) is 0.139. The highest BCUT2D eigenvalue weighted by molar-refractivity contribution is 6.34. The van der Waals surface area contributed by atoms with Crippen molar-refractivity contribution in [3.63, 3.8) is 0 Å². The average Bonchev–Trinajstić information content (AvgIpc) is 2.85. The molecule has 1 aromatic heterocycles. The normalized spacial score (nSPS) is 11.0. The molecule has 0 saturated heterocycles. The largest absolute Gasteiger partial charge is 0.356 e. The molecule has 1 amide bonds. The van der Waals surface area contributed by atoms with E-state index in [1.807, 2.05) is 51.1 Å². The van der Waals surface area contributed by atoms with E-state index in [1.54, 1.807) is 0 Å². The molecule has 0 spiro atoms. The number of hydrogen-bond acceptors (Lipinski definition) is 3. The first-order valence-electron chi connectivity index (χ1n) is 7.35. The highest BCUT2D eigenvalue weighted by atomic mass is 35.5. The topological polar surface area (TPSA) is 55.1 Å². The van der Waals surface area contributed by atoms with Crippen molar-refractivity contribution in [2.24, 2.45) is 0 Å². The van der Waals surface area contributed by atoms with Gasteiger partial charge in [-0.3, -0.25) is 4.79 Å². The molecule has 1 heterocycles. The second-order valence-electron chi connectivity index (χ2n) is 5.79. The van der Waals surface area contributed by atoms with Gasteiger partial charge in [0.25, 0.3) is 0 Å². The zero-order valence-electron chi connectivity index (χ0n) is 13.2. The van der Waals surface area contributed by atoms with Gasteiger partial charge in [-0.15, -0.1) is 0 Å². The Hall–Kier alpha value is -2.33. The van der Waals surface area contributed by atoms with Gasteiger partial charge in [0.2, 0.25) is 5.91 Å². The van der Waals surface area contributed by atoms with Crippen LogP contribution in [0.5, 0.6) is 0 Å². The number of anilines is 1. The molecule has 0 aliphatic carbocycles. The zero-order chi connectivity index (χ0) is 16.6. The quantitative estimate of drug-likeness (QED) is 0.765. The van der Waals surface area contributed by atoms with Gasteiger partial charge < -0.3 is 9.84 Å². The van der Waals surface area contributed by atoms with Crippen LogP contribution in [-0.4, -0.2) is 11.1 Å². The highest BCUT2D eigenvalue weighted by Gasteiger charge is 2.15. The molecular formula is C18H17ClN2O2. The van der Waals surface area contributed by atoms with Crippen molar-refractivity contribution >= 4 is 34.2 Å². The first-order valence-corrected chi connectivity index (χ1v) is 7.73. The van der Waals surface area contributed by atoms with E-state index in [9.17, 15) is 4.79 Å². The van der Waals surface area contributed by atoms with Crippen LogP contribution in [0.4, 0.5) is 5.69 Å². The predicted molar refractivity (Wildman–Crippen MR) is 92.0 cm³/mol. The number of nitrogens with zero attached hydrogens (tertiary/aromatic N) is 1. The number of carbonyl (C=O) groups excluding carboxylic acids is 1. The van der Waals surface area contributed by atoms with Crippen molar-refractivity contribution in [2.45, 2.75) is 27.2 Å². The maximum absolute atomic E-state index is 12.3. The van der Waals surface area contributed by atoms with Crippen molar-refractivity contribution in [3.8, 4) is 0 Å². The van der Waals surface area contributed by atoms with Crippen LogP contribution in [0.1, 0.15) is 22.4 Å². The van der Waals surface area contributed by atoms with E-state index in [0.29, 0.717) is 22.0 Å². The fourth-order valence-corrected chi connectivity index (χ4v) is 3.01. The number of aryl methyl sites for hydroxylation is 3. The minimum atomic E-state index is -0.171. The number of halogens is 1. The first-order chi connectivity index (χ1) is 10.9. The predicted octanol–water partition coefficient (Wildman–Crippen LogP) is 4.59. The second kappa shape index (κ2) is 6.05. The summed E-state index contributed by atoms with van der Waals surface area (Å²) >= 11 is 6.23. The van der Waals surface area contributed by atoms with Crippen LogP contribution in [0.2, 0.25) is 5.02 Å². The Morgan fingerprint density at radius 3 is 2.70 bits per heavy atom. The van der Waals surface area contributed by atoms with Crippen molar-refractivity contribution in [3.05, 3.63) is 57.7 Å². The number of fused-ring (bicyclic) bond motifs is 1. The maximum Gasteiger partial charge on any atom is 0.230 e. The van der Waals surface area contributed by atoms with Gasteiger partial charge in [-0.25, -0.2) is 0 Å². The molecule has 1 N–H and O–H groups in total. The molecule has 3 aromatic rings. The summed E-state index contributed by atoms with van der Waals surface area (Å²) in [6.45, 7) is 5.88. The molecule has 23 heavy (non-hydrogen) atoms. The van der Waals surface area contributed by atoms with E-state index in [0.717, 1.165) is 22.1 Å². The fourth-order valence-electron chi connectivity index (χ4n) is 2.64. The van der Waals surface area contributed by atoms with E-state index in [2.05, 4.69) is 10.5 Å². The van der Waals surface area contributed by atoms with Gasteiger partial charge in [-0.2, -0.15) is 0 Å². The molecule has 5 heteroatoms. The van der Waals surface area contributed by atoms with Crippen molar-refractivity contribution in [2.75, 3.05) is 5.32 Å². The molecule has 0 aliphatic heterocycles. The van der Waals surface area contributed by atoms with Gasteiger partial charge in [0.15, 0.2) is 5.58 Å². The fraction of sp³-hybridized carbons (Fsp3) is 0.222. The number of aromatic nitrogens is 1. The van der Waals surface area contributed by atoms with Gasteiger partial charge in [-0.05, 0) is 50.1 Å². The van der Waals surface area contributed by atoms with E-state index in [-0.39, 0.29) is 12.3 Å². The molecule has 0 saturated carbocycles. The standard InChI is InChI=1S/C18H17ClN2O2/c1-10-4-5-16-13(7-10)15(21-23-16)9-17(22)20-18-12(3)6-11(2)8-14(18)19/h4-8H,9H2,1-3H3,(H,20,22). The van der Waals surface area contributed by atoms with Crippen LogP contribution in [0.3, 0.4) is 0 Å². The van der Waals surface area contributed by atoms with E-state index in [4.69, 9.17) is 16.1 Å². The van der Waals surface area contributed by atoms with Crippen molar-refractivity contribution in [1.29, 1.82) is 0 Å². The Morgan fingerprint density at radius 1 is 1.17 bits per heavy atom. The number of hydrogen-bond donors (Lipinski definition) is 1. The van der Waals surface area contributed by atoms with Gasteiger partial charge in [-0.1, -0.05) is 34.5 Å². The zero-order valence-corrected chi connectivity index (χ0v) is 14.0. The highest BCUT2D eigenvalue weighted by Crippen LogP contribution is 2.28. The Bertz CT molecular complexity index is 876. The average molecular weight is 329 g/mol. The van der Waals surface area contributed by atoms with Crippen molar-refractivity contribution < 1.29 is 9.32 Å². The van der Waals surface area contributed by atoms with Crippen LogP contribution in [0.15, 0.2) is 34.9 Å². The second-order valence-corrected chi connectivity index (χ2v) is 6.20. The van der Waals surface area contributed by atoms with Gasteiger partial charge in [0.05, 0.1) is 17.1 Å². The molecule has 118 valence electrons. The molecule has 0 unspecified atom stereocenters. The molecule has 0 radical (unpaired) electrons. The Kier molecular flexibility index (Phi) is 4.09. The summed E-state index contributed by atoms with van der Waals surface area (Å²) in [5, 5.41) is 8.29. The summed E-state index contributed by atoms with van der Waals surface area (Å²) in [4.78, 5) is 12.3. The summed E-state index contributed by atoms with van der Waals surface area (Å²) in [5.74, 6) is -0.171. The van der Waals surface area contributed by atoms with Crippen LogP contribution >= 0.6 is 11.6 Å². The van der Waals surface area contributed by atoms with E-state index < -0.39 is 0 Å². The van der Waals surface area contributed by atoms with Crippen molar-refractivity contribution in [1.82, 2.24) is 5.16 Å². The van der Waals surface area contributed by atoms with Gasteiger partial charge in [0, 0.05) is 5.39 Å². The smallest absolute Gasteiger partial charge is 0.230 e. The number of amides is 1. The lowest BCUT2D eigenvalue weighted by Crippen LogP contribution is -2.16. The maximum atomic E-state index is 12.3. The number of nitrogens with one attached hydrogen (secondary N) is 1. The first kappa shape index (κ1) is 15.6.